The molecule has 0 rings (SSSR count). The quantitative estimate of drug-likeness (QED) is 0.416. The second-order valence-corrected chi connectivity index (χ2v) is 1.78. The van der Waals surface area contributed by atoms with Gasteiger partial charge in [-0.3, -0.25) is 4.79 Å². The molecule has 0 saturated heterocycles. The van der Waals surface area contributed by atoms with Gasteiger partial charge in [0.2, 0.25) is 5.24 Å². The van der Waals surface area contributed by atoms with Crippen molar-refractivity contribution in [1.82, 2.24) is 0 Å². The van der Waals surface area contributed by atoms with Crippen molar-refractivity contribution < 1.29 is 4.79 Å². The first kappa shape index (κ1) is 7.70. The van der Waals surface area contributed by atoms with Crippen LogP contribution in [0.3, 0.4) is 0 Å². The summed E-state index contributed by atoms with van der Waals surface area (Å²) in [6.45, 7) is 3.70. The molecule has 0 radical (unpaired) electrons. The molecule has 0 N–H and O–H groups in total. The van der Waals surface area contributed by atoms with E-state index in [4.69, 9.17) is 11.6 Å². The molecule has 0 bridgehead atoms. The molecule has 0 aromatic heterocycles. The molecule has 0 aliphatic heterocycles. The van der Waals surface area contributed by atoms with E-state index in [1.165, 1.54) is 0 Å². The second-order valence-electron chi connectivity index (χ2n) is 1.44. The maximum atomic E-state index is 10.3. The Balaban J connectivity index is 3.92. The van der Waals surface area contributed by atoms with Crippen LogP contribution in [0.1, 0.15) is 20.3 Å². The van der Waals surface area contributed by atoms with E-state index in [9.17, 15) is 4.79 Å². The summed E-state index contributed by atoms with van der Waals surface area (Å²) in [7, 11) is 0. The van der Waals surface area contributed by atoms with Gasteiger partial charge < -0.3 is 0 Å². The van der Waals surface area contributed by atoms with Crippen LogP contribution in [0.2, 0.25) is 0 Å². The van der Waals surface area contributed by atoms with Crippen molar-refractivity contribution in [3.05, 3.63) is 11.6 Å². The van der Waals surface area contributed by atoms with Gasteiger partial charge in [-0.15, -0.1) is 0 Å². The van der Waals surface area contributed by atoms with Gasteiger partial charge in [-0.1, -0.05) is 13.0 Å². The predicted molar refractivity (Wildman–Crippen MR) is 34.9 cm³/mol. The van der Waals surface area contributed by atoms with Crippen molar-refractivity contribution in [2.24, 2.45) is 0 Å². The molecule has 0 unspecified atom stereocenters. The molecule has 0 aromatic rings. The lowest BCUT2D eigenvalue weighted by atomic mass is 10.2. The van der Waals surface area contributed by atoms with E-state index in [1.807, 2.05) is 6.92 Å². The van der Waals surface area contributed by atoms with E-state index < -0.39 is 0 Å². The maximum Gasteiger partial charge on any atom is 0.248 e. The van der Waals surface area contributed by atoms with E-state index >= 15 is 0 Å². The van der Waals surface area contributed by atoms with Crippen LogP contribution in [0, 0.1) is 0 Å². The highest BCUT2D eigenvalue weighted by Gasteiger charge is 1.98. The van der Waals surface area contributed by atoms with Crippen LogP contribution < -0.4 is 0 Å². The van der Waals surface area contributed by atoms with Gasteiger partial charge >= 0.3 is 0 Å². The summed E-state index contributed by atoms with van der Waals surface area (Å²) in [5.74, 6) is 0. The number of hydrogen-bond donors (Lipinski definition) is 0. The van der Waals surface area contributed by atoms with E-state index in [0.717, 1.165) is 6.42 Å². The lowest BCUT2D eigenvalue weighted by molar-refractivity contribution is -0.108. The molecule has 0 aromatic carbocycles. The molecule has 0 aliphatic carbocycles. The Hall–Kier alpha value is -0.300. The summed E-state index contributed by atoms with van der Waals surface area (Å²) < 4.78 is 0. The Bertz CT molecular complexity index is 116. The normalized spacial score (nSPS) is 11.6. The SMILES string of the molecule is CC=C(CC)C(=O)Cl. The monoisotopic (exact) mass is 132 g/mol. The summed E-state index contributed by atoms with van der Waals surface area (Å²) in [5, 5.41) is -0.338. The highest BCUT2D eigenvalue weighted by Crippen LogP contribution is 2.03. The van der Waals surface area contributed by atoms with Crippen molar-refractivity contribution in [3.8, 4) is 0 Å². The third kappa shape index (κ3) is 2.12. The highest BCUT2D eigenvalue weighted by atomic mass is 35.5. The van der Waals surface area contributed by atoms with Gasteiger partial charge in [-0.25, -0.2) is 0 Å². The van der Waals surface area contributed by atoms with Crippen LogP contribution in [-0.2, 0) is 4.79 Å². The molecular weight excluding hydrogens is 124 g/mol. The van der Waals surface area contributed by atoms with Crippen LogP contribution >= 0.6 is 11.6 Å². The zero-order chi connectivity index (χ0) is 6.57. The summed E-state index contributed by atoms with van der Waals surface area (Å²) in [6, 6.07) is 0. The molecule has 0 atom stereocenters. The van der Waals surface area contributed by atoms with Gasteiger partial charge in [0.25, 0.3) is 0 Å². The number of carbonyl (C=O) groups excluding carboxylic acids is 1. The molecule has 2 heteroatoms. The summed E-state index contributed by atoms with van der Waals surface area (Å²) in [4.78, 5) is 10.3. The van der Waals surface area contributed by atoms with Crippen molar-refractivity contribution in [2.75, 3.05) is 0 Å². The average Bonchev–Trinajstić information content (AvgIpc) is 1.69. The zero-order valence-corrected chi connectivity index (χ0v) is 5.83. The lowest BCUT2D eigenvalue weighted by Gasteiger charge is -1.90. The standard InChI is InChI=1S/C6H9ClO/c1-3-5(4-2)6(7)8/h3H,4H2,1-2H3. The summed E-state index contributed by atoms with van der Waals surface area (Å²) in [6.07, 6.45) is 2.45. The largest absolute Gasteiger partial charge is 0.276 e. The fraction of sp³-hybridized carbons (Fsp3) is 0.500. The van der Waals surface area contributed by atoms with Crippen LogP contribution in [0.4, 0.5) is 0 Å². The number of halogens is 1. The smallest absolute Gasteiger partial charge is 0.248 e. The molecule has 0 amide bonds. The first-order valence-electron chi connectivity index (χ1n) is 2.57. The van der Waals surface area contributed by atoms with Crippen molar-refractivity contribution in [1.29, 1.82) is 0 Å². The molecule has 8 heavy (non-hydrogen) atoms. The first-order chi connectivity index (χ1) is 3.72. The topological polar surface area (TPSA) is 17.1 Å². The summed E-state index contributed by atoms with van der Waals surface area (Å²) >= 11 is 5.14. The fourth-order valence-corrected chi connectivity index (χ4v) is 0.699. The highest BCUT2D eigenvalue weighted by molar-refractivity contribution is 6.67. The Morgan fingerprint density at radius 3 is 2.25 bits per heavy atom. The maximum absolute atomic E-state index is 10.3. The zero-order valence-electron chi connectivity index (χ0n) is 5.07. The molecular formula is C6H9ClO. The Labute approximate surface area is 54.3 Å². The minimum atomic E-state index is -0.338. The fourth-order valence-electron chi connectivity index (χ4n) is 0.457. The van der Waals surface area contributed by atoms with Crippen LogP contribution in [0.5, 0.6) is 0 Å². The molecule has 0 saturated carbocycles. The van der Waals surface area contributed by atoms with Gasteiger partial charge in [0, 0.05) is 5.57 Å². The predicted octanol–water partition coefficient (Wildman–Crippen LogP) is 2.11. The second kappa shape index (κ2) is 3.67. The number of carbonyl (C=O) groups is 1. The van der Waals surface area contributed by atoms with E-state index in [0.29, 0.717) is 5.57 Å². The van der Waals surface area contributed by atoms with E-state index in [-0.39, 0.29) is 5.24 Å². The Morgan fingerprint density at radius 1 is 1.75 bits per heavy atom. The minimum Gasteiger partial charge on any atom is -0.276 e. The third-order valence-corrected chi connectivity index (χ3v) is 1.22. The Morgan fingerprint density at radius 2 is 2.25 bits per heavy atom. The van der Waals surface area contributed by atoms with Gasteiger partial charge in [-0.05, 0) is 24.9 Å². The molecule has 1 nitrogen and oxygen atoms in total. The molecule has 0 spiro atoms. The van der Waals surface area contributed by atoms with Gasteiger partial charge in [-0.2, -0.15) is 0 Å². The van der Waals surface area contributed by atoms with E-state index in [1.54, 1.807) is 13.0 Å². The van der Waals surface area contributed by atoms with Crippen molar-refractivity contribution >= 4 is 16.8 Å². The molecule has 46 valence electrons. The van der Waals surface area contributed by atoms with Gasteiger partial charge in [0.1, 0.15) is 0 Å². The van der Waals surface area contributed by atoms with Crippen molar-refractivity contribution in [2.45, 2.75) is 20.3 Å². The van der Waals surface area contributed by atoms with Gasteiger partial charge in [0.05, 0.1) is 0 Å². The van der Waals surface area contributed by atoms with Gasteiger partial charge in [0.15, 0.2) is 0 Å². The molecule has 0 fully saturated rings. The van der Waals surface area contributed by atoms with Crippen LogP contribution in [0.25, 0.3) is 0 Å². The first-order valence-corrected chi connectivity index (χ1v) is 2.95. The van der Waals surface area contributed by atoms with E-state index in [2.05, 4.69) is 0 Å². The minimum absolute atomic E-state index is 0.338. The average molecular weight is 133 g/mol. The number of allylic oxidation sites excluding steroid dienone is 2. The lowest BCUT2D eigenvalue weighted by Crippen LogP contribution is -1.89. The number of rotatable bonds is 2. The summed E-state index contributed by atoms with van der Waals surface area (Å²) in [5.41, 5.74) is 0.687. The van der Waals surface area contributed by atoms with Crippen LogP contribution in [-0.4, -0.2) is 5.24 Å². The van der Waals surface area contributed by atoms with Crippen molar-refractivity contribution in [3.63, 3.8) is 0 Å². The molecule has 0 aliphatic rings. The van der Waals surface area contributed by atoms with Crippen LogP contribution in [0.15, 0.2) is 11.6 Å². The molecule has 0 heterocycles. The third-order valence-electron chi connectivity index (χ3n) is 0.982. The Kier molecular flexibility index (Phi) is 3.53. The number of hydrogen-bond acceptors (Lipinski definition) is 1.